The predicted molar refractivity (Wildman–Crippen MR) is 64.6 cm³/mol. The van der Waals surface area contributed by atoms with Crippen LogP contribution in [0.1, 0.15) is 12.2 Å². The van der Waals surface area contributed by atoms with E-state index >= 15 is 0 Å². The van der Waals surface area contributed by atoms with Crippen molar-refractivity contribution in [3.8, 4) is 0 Å². The average molecular weight is 267 g/mol. The summed E-state index contributed by atoms with van der Waals surface area (Å²) >= 11 is 0. The molecule has 0 bridgehead atoms. The summed E-state index contributed by atoms with van der Waals surface area (Å²) in [7, 11) is 0. The number of benzene rings is 1. The van der Waals surface area contributed by atoms with Gasteiger partial charge in [-0.3, -0.25) is 9.36 Å². The minimum Gasteiger partial charge on any atom is -0.296 e. The number of aromatic nitrogens is 2. The molecule has 0 saturated heterocycles. The van der Waals surface area contributed by atoms with E-state index in [9.17, 15) is 4.79 Å². The Labute approximate surface area is 97.5 Å². The third-order valence-electron chi connectivity index (χ3n) is 2.72. The number of fused-ring (bicyclic) bond motifs is 2. The number of nitrogens with zero attached hydrogens (tertiary/aromatic N) is 2. The molecule has 0 spiro atoms. The van der Waals surface area contributed by atoms with E-state index in [1.54, 1.807) is 4.57 Å². The largest absolute Gasteiger partial charge is 0.296 e. The molecule has 1 aromatic heterocycles. The van der Waals surface area contributed by atoms with Crippen molar-refractivity contribution < 1.29 is 0 Å². The second kappa shape index (κ2) is 3.77. The fourth-order valence-electron chi connectivity index (χ4n) is 2.03. The molecule has 0 amide bonds. The van der Waals surface area contributed by atoms with E-state index in [0.717, 1.165) is 36.1 Å². The van der Waals surface area contributed by atoms with Crippen LogP contribution in [0, 0.1) is 0 Å². The van der Waals surface area contributed by atoms with E-state index in [-0.39, 0.29) is 22.5 Å². The van der Waals surface area contributed by atoms with E-state index in [0.29, 0.717) is 0 Å². The maximum atomic E-state index is 11.9. The molecule has 4 heteroatoms. The quantitative estimate of drug-likeness (QED) is 0.731. The van der Waals surface area contributed by atoms with E-state index < -0.39 is 0 Å². The smallest absolute Gasteiger partial charge is 0.261 e. The van der Waals surface area contributed by atoms with E-state index in [1.807, 2.05) is 24.3 Å². The van der Waals surface area contributed by atoms with Gasteiger partial charge in [-0.2, -0.15) is 0 Å². The van der Waals surface area contributed by atoms with Crippen LogP contribution >= 0.6 is 17.0 Å². The van der Waals surface area contributed by atoms with Gasteiger partial charge < -0.3 is 0 Å². The maximum absolute atomic E-state index is 11.9. The number of rotatable bonds is 0. The van der Waals surface area contributed by atoms with Crippen molar-refractivity contribution in [1.29, 1.82) is 0 Å². The average Bonchev–Trinajstić information content (AvgIpc) is 2.66. The van der Waals surface area contributed by atoms with Gasteiger partial charge in [-0.1, -0.05) is 12.1 Å². The third kappa shape index (κ3) is 1.49. The Bertz CT molecular complexity index is 562. The van der Waals surface area contributed by atoms with Crippen molar-refractivity contribution in [2.24, 2.45) is 0 Å². The second-order valence-corrected chi connectivity index (χ2v) is 3.61. The summed E-state index contributed by atoms with van der Waals surface area (Å²) in [5.74, 6) is 0.939. The molecule has 0 N–H and O–H groups in total. The van der Waals surface area contributed by atoms with E-state index in [2.05, 4.69) is 4.98 Å². The van der Waals surface area contributed by atoms with Gasteiger partial charge in [0.1, 0.15) is 5.82 Å². The lowest BCUT2D eigenvalue weighted by Crippen LogP contribution is -2.20. The monoisotopic (exact) mass is 266 g/mol. The van der Waals surface area contributed by atoms with Gasteiger partial charge in [0.25, 0.3) is 5.56 Å². The van der Waals surface area contributed by atoms with Gasteiger partial charge in [0.15, 0.2) is 0 Å². The van der Waals surface area contributed by atoms with Crippen molar-refractivity contribution >= 4 is 27.9 Å². The van der Waals surface area contributed by atoms with E-state index in [1.165, 1.54) is 0 Å². The first-order valence-electron chi connectivity index (χ1n) is 4.85. The summed E-state index contributed by atoms with van der Waals surface area (Å²) in [6.45, 7) is 0.825. The molecule has 2 heterocycles. The van der Waals surface area contributed by atoms with Crippen LogP contribution in [0.2, 0.25) is 0 Å². The predicted octanol–water partition coefficient (Wildman–Crippen LogP) is 1.92. The van der Waals surface area contributed by atoms with Crippen molar-refractivity contribution in [1.82, 2.24) is 9.55 Å². The molecule has 78 valence electrons. The van der Waals surface area contributed by atoms with Crippen LogP contribution in [0.15, 0.2) is 29.1 Å². The van der Waals surface area contributed by atoms with Crippen LogP contribution in [0.5, 0.6) is 0 Å². The van der Waals surface area contributed by atoms with Crippen LogP contribution in [0.3, 0.4) is 0 Å². The van der Waals surface area contributed by atoms with Gasteiger partial charge >= 0.3 is 0 Å². The molecule has 0 saturated carbocycles. The van der Waals surface area contributed by atoms with Crippen molar-refractivity contribution in [2.75, 3.05) is 0 Å². The summed E-state index contributed by atoms with van der Waals surface area (Å²) in [4.78, 5) is 16.4. The third-order valence-corrected chi connectivity index (χ3v) is 2.72. The fourth-order valence-corrected chi connectivity index (χ4v) is 2.03. The first-order chi connectivity index (χ1) is 6.86. The molecule has 2 aromatic rings. The zero-order valence-electron chi connectivity index (χ0n) is 8.14. The summed E-state index contributed by atoms with van der Waals surface area (Å²) in [5, 5.41) is 0.734. The highest BCUT2D eigenvalue weighted by Crippen LogP contribution is 2.13. The number of halogens is 1. The van der Waals surface area contributed by atoms with Gasteiger partial charge in [-0.15, -0.1) is 17.0 Å². The van der Waals surface area contributed by atoms with Crippen LogP contribution in [0.4, 0.5) is 0 Å². The van der Waals surface area contributed by atoms with Gasteiger partial charge in [0.05, 0.1) is 10.9 Å². The minimum atomic E-state index is 0. The number of hydrogen-bond acceptors (Lipinski definition) is 2. The molecular weight excluding hydrogens is 256 g/mol. The molecule has 3 rings (SSSR count). The lowest BCUT2D eigenvalue weighted by atomic mass is 10.2. The van der Waals surface area contributed by atoms with Crippen LogP contribution in [-0.2, 0) is 13.0 Å². The topological polar surface area (TPSA) is 34.9 Å². The fraction of sp³-hybridized carbons (Fsp3) is 0.273. The molecule has 1 aliphatic heterocycles. The maximum Gasteiger partial charge on any atom is 0.261 e. The van der Waals surface area contributed by atoms with Gasteiger partial charge in [0.2, 0.25) is 0 Å². The van der Waals surface area contributed by atoms with E-state index in [4.69, 9.17) is 0 Å². The number of para-hydroxylation sites is 1. The SMILES string of the molecule is Br.O=c1c2ccccc2nc2n1CCC2. The Kier molecular flexibility index (Phi) is 2.61. The molecule has 1 aromatic carbocycles. The summed E-state index contributed by atoms with van der Waals surface area (Å²) < 4.78 is 1.79. The standard InChI is InChI=1S/C11H10N2O.BrH/c14-11-8-4-1-2-5-9(8)12-10-6-3-7-13(10)11;/h1-2,4-5H,3,6-7H2;1H. The molecular formula is C11H11BrN2O. The number of hydrogen-bond donors (Lipinski definition) is 0. The Hall–Kier alpha value is -1.16. The Morgan fingerprint density at radius 3 is 2.93 bits per heavy atom. The van der Waals surface area contributed by atoms with Gasteiger partial charge in [0, 0.05) is 13.0 Å². The first kappa shape index (κ1) is 10.4. The van der Waals surface area contributed by atoms with Crippen molar-refractivity contribution in [2.45, 2.75) is 19.4 Å². The molecule has 15 heavy (non-hydrogen) atoms. The molecule has 3 nitrogen and oxygen atoms in total. The molecule has 1 aliphatic rings. The minimum absolute atomic E-state index is 0. The summed E-state index contributed by atoms with van der Waals surface area (Å²) in [5.41, 5.74) is 0.939. The normalized spacial score (nSPS) is 13.6. The highest BCUT2D eigenvalue weighted by atomic mass is 79.9. The Morgan fingerprint density at radius 2 is 2.07 bits per heavy atom. The highest BCUT2D eigenvalue weighted by Gasteiger charge is 2.14. The summed E-state index contributed by atoms with van der Waals surface area (Å²) in [6, 6.07) is 7.54. The second-order valence-electron chi connectivity index (χ2n) is 3.61. The van der Waals surface area contributed by atoms with Gasteiger partial charge in [-0.05, 0) is 18.6 Å². The zero-order valence-corrected chi connectivity index (χ0v) is 9.85. The molecule has 0 fully saturated rings. The zero-order chi connectivity index (χ0) is 9.54. The molecule has 0 aliphatic carbocycles. The molecule has 0 unspecified atom stereocenters. The van der Waals surface area contributed by atoms with Crippen LogP contribution in [-0.4, -0.2) is 9.55 Å². The Morgan fingerprint density at radius 1 is 1.27 bits per heavy atom. The van der Waals surface area contributed by atoms with Crippen LogP contribution in [0.25, 0.3) is 10.9 Å². The molecule has 0 atom stereocenters. The molecule has 0 radical (unpaired) electrons. The Balaban J connectivity index is 0.000000853. The van der Waals surface area contributed by atoms with Gasteiger partial charge in [-0.25, -0.2) is 4.98 Å². The van der Waals surface area contributed by atoms with Crippen molar-refractivity contribution in [3.05, 3.63) is 40.4 Å². The lowest BCUT2D eigenvalue weighted by Gasteiger charge is -2.03. The summed E-state index contributed by atoms with van der Waals surface area (Å²) in [6.07, 6.45) is 1.97. The van der Waals surface area contributed by atoms with Crippen molar-refractivity contribution in [3.63, 3.8) is 0 Å². The lowest BCUT2D eigenvalue weighted by molar-refractivity contribution is 0.719. The van der Waals surface area contributed by atoms with Crippen LogP contribution < -0.4 is 5.56 Å². The number of aryl methyl sites for hydroxylation is 1. The first-order valence-corrected chi connectivity index (χ1v) is 4.85. The highest BCUT2D eigenvalue weighted by molar-refractivity contribution is 8.93.